The first-order chi connectivity index (χ1) is 7.50. The van der Waals surface area contributed by atoms with Crippen LogP contribution >= 0.6 is 12.4 Å². The summed E-state index contributed by atoms with van der Waals surface area (Å²) in [4.78, 5) is 11.0. The molecule has 0 bridgehead atoms. The summed E-state index contributed by atoms with van der Waals surface area (Å²) < 4.78 is 0. The van der Waals surface area contributed by atoms with Crippen LogP contribution in [0.15, 0.2) is 24.3 Å². The maximum atomic E-state index is 11.0. The van der Waals surface area contributed by atoms with Gasteiger partial charge < -0.3 is 10.4 Å². The summed E-state index contributed by atoms with van der Waals surface area (Å²) in [5.41, 5.74) is 2.31. The summed E-state index contributed by atoms with van der Waals surface area (Å²) in [5, 5.41) is 12.1. The highest BCUT2D eigenvalue weighted by molar-refractivity contribution is 5.85. The minimum atomic E-state index is -0.789. The van der Waals surface area contributed by atoms with Crippen LogP contribution in [0.25, 0.3) is 0 Å². The summed E-state index contributed by atoms with van der Waals surface area (Å²) in [6, 6.07) is 7.59. The second-order valence-electron chi connectivity index (χ2n) is 4.43. The quantitative estimate of drug-likeness (QED) is 0.853. The molecule has 1 rings (SSSR count). The number of carboxylic acid groups (broad SMARTS) is 1. The van der Waals surface area contributed by atoms with Crippen LogP contribution in [0.3, 0.4) is 0 Å². The lowest BCUT2D eigenvalue weighted by molar-refractivity contribution is -0.140. The van der Waals surface area contributed by atoms with E-state index < -0.39 is 12.0 Å². The molecule has 1 atom stereocenters. The second kappa shape index (κ2) is 7.30. The van der Waals surface area contributed by atoms with Gasteiger partial charge in [0, 0.05) is 6.54 Å². The zero-order valence-electron chi connectivity index (χ0n) is 10.4. The standard InChI is InChI=1S/C13H19NO2.ClH/c1-9(2)12(13(15)16)14-8-11-6-4-5-10(3)7-11;/h4-7,9,12,14H,8H2,1-3H3,(H,15,16);1H. The van der Waals surface area contributed by atoms with Gasteiger partial charge in [0.1, 0.15) is 6.04 Å². The van der Waals surface area contributed by atoms with E-state index in [1.807, 2.05) is 39.0 Å². The van der Waals surface area contributed by atoms with Crippen LogP contribution in [0.1, 0.15) is 25.0 Å². The molecule has 0 aliphatic rings. The third kappa shape index (κ3) is 5.20. The first kappa shape index (κ1) is 15.9. The summed E-state index contributed by atoms with van der Waals surface area (Å²) in [5.74, 6) is -0.704. The first-order valence-electron chi connectivity index (χ1n) is 5.52. The molecule has 0 saturated carbocycles. The molecule has 0 aliphatic carbocycles. The van der Waals surface area contributed by atoms with Crippen molar-refractivity contribution in [2.45, 2.75) is 33.4 Å². The maximum Gasteiger partial charge on any atom is 0.320 e. The molecule has 0 spiro atoms. The average Bonchev–Trinajstić information content (AvgIpc) is 2.16. The molecular formula is C13H20ClNO2. The van der Waals surface area contributed by atoms with E-state index in [0.717, 1.165) is 5.56 Å². The molecule has 0 heterocycles. The molecule has 0 amide bonds. The predicted molar refractivity (Wildman–Crippen MR) is 71.5 cm³/mol. The van der Waals surface area contributed by atoms with Crippen LogP contribution in [-0.2, 0) is 11.3 Å². The molecule has 0 aliphatic heterocycles. The number of benzene rings is 1. The van der Waals surface area contributed by atoms with Crippen molar-refractivity contribution in [2.75, 3.05) is 0 Å². The van der Waals surface area contributed by atoms with Gasteiger partial charge in [-0.2, -0.15) is 0 Å². The van der Waals surface area contributed by atoms with Crippen molar-refractivity contribution in [1.82, 2.24) is 5.32 Å². The van der Waals surface area contributed by atoms with Gasteiger partial charge in [-0.25, -0.2) is 0 Å². The van der Waals surface area contributed by atoms with Gasteiger partial charge in [0.15, 0.2) is 0 Å². The van der Waals surface area contributed by atoms with Gasteiger partial charge in [0.05, 0.1) is 0 Å². The van der Waals surface area contributed by atoms with Crippen LogP contribution in [0, 0.1) is 12.8 Å². The molecule has 0 saturated heterocycles. The van der Waals surface area contributed by atoms with Crippen LogP contribution in [0.2, 0.25) is 0 Å². The van der Waals surface area contributed by atoms with Gasteiger partial charge in [-0.15, -0.1) is 12.4 Å². The van der Waals surface area contributed by atoms with E-state index in [1.165, 1.54) is 5.56 Å². The molecule has 17 heavy (non-hydrogen) atoms. The largest absolute Gasteiger partial charge is 0.480 e. The van der Waals surface area contributed by atoms with Crippen LogP contribution in [0.4, 0.5) is 0 Å². The molecule has 1 aromatic rings. The van der Waals surface area contributed by atoms with Gasteiger partial charge in [-0.3, -0.25) is 4.79 Å². The van der Waals surface area contributed by atoms with Crippen molar-refractivity contribution in [1.29, 1.82) is 0 Å². The number of carboxylic acids is 1. The molecular weight excluding hydrogens is 238 g/mol. The third-order valence-electron chi connectivity index (χ3n) is 2.54. The van der Waals surface area contributed by atoms with Gasteiger partial charge >= 0.3 is 5.97 Å². The number of halogens is 1. The molecule has 96 valence electrons. The lowest BCUT2D eigenvalue weighted by Gasteiger charge is -2.18. The number of rotatable bonds is 5. The summed E-state index contributed by atoms with van der Waals surface area (Å²) >= 11 is 0. The normalized spacial score (nSPS) is 12.0. The summed E-state index contributed by atoms with van der Waals surface area (Å²) in [6.45, 7) is 6.43. The molecule has 4 heteroatoms. The predicted octanol–water partition coefficient (Wildman–Crippen LogP) is 2.62. The fourth-order valence-electron chi connectivity index (χ4n) is 1.66. The topological polar surface area (TPSA) is 49.3 Å². The van der Waals surface area contributed by atoms with E-state index in [-0.39, 0.29) is 18.3 Å². The Labute approximate surface area is 109 Å². The third-order valence-corrected chi connectivity index (χ3v) is 2.54. The highest BCUT2D eigenvalue weighted by Gasteiger charge is 2.20. The number of aryl methyl sites for hydroxylation is 1. The van der Waals surface area contributed by atoms with Crippen molar-refractivity contribution >= 4 is 18.4 Å². The average molecular weight is 258 g/mol. The molecule has 1 aromatic carbocycles. The number of carbonyl (C=O) groups is 1. The van der Waals surface area contributed by atoms with Crippen molar-refractivity contribution in [3.8, 4) is 0 Å². The van der Waals surface area contributed by atoms with Gasteiger partial charge in [-0.1, -0.05) is 43.7 Å². The van der Waals surface area contributed by atoms with E-state index in [1.54, 1.807) is 0 Å². The van der Waals surface area contributed by atoms with Crippen molar-refractivity contribution in [3.63, 3.8) is 0 Å². The number of hydrogen-bond acceptors (Lipinski definition) is 2. The Morgan fingerprint density at radius 3 is 2.53 bits per heavy atom. The molecule has 3 nitrogen and oxygen atoms in total. The lowest BCUT2D eigenvalue weighted by Crippen LogP contribution is -2.40. The van der Waals surface area contributed by atoms with Gasteiger partial charge in [0.2, 0.25) is 0 Å². The lowest BCUT2D eigenvalue weighted by atomic mass is 10.0. The first-order valence-corrected chi connectivity index (χ1v) is 5.52. The number of aliphatic carboxylic acids is 1. The van der Waals surface area contributed by atoms with Gasteiger partial charge in [-0.05, 0) is 18.4 Å². The second-order valence-corrected chi connectivity index (χ2v) is 4.43. The van der Waals surface area contributed by atoms with Crippen LogP contribution < -0.4 is 5.32 Å². The molecule has 0 fully saturated rings. The molecule has 0 aromatic heterocycles. The fourth-order valence-corrected chi connectivity index (χ4v) is 1.66. The van der Waals surface area contributed by atoms with Crippen molar-refractivity contribution < 1.29 is 9.90 Å². The maximum absolute atomic E-state index is 11.0. The van der Waals surface area contributed by atoms with E-state index in [0.29, 0.717) is 6.54 Å². The molecule has 1 unspecified atom stereocenters. The van der Waals surface area contributed by atoms with Crippen LogP contribution in [0.5, 0.6) is 0 Å². The monoisotopic (exact) mass is 257 g/mol. The number of nitrogens with one attached hydrogen (secondary N) is 1. The fraction of sp³-hybridized carbons (Fsp3) is 0.462. The SMILES string of the molecule is Cc1cccc(CNC(C(=O)O)C(C)C)c1.Cl. The van der Waals surface area contributed by atoms with Crippen LogP contribution in [-0.4, -0.2) is 17.1 Å². The zero-order valence-corrected chi connectivity index (χ0v) is 11.3. The Bertz CT molecular complexity index is 366. The Balaban J connectivity index is 0.00000256. The summed E-state index contributed by atoms with van der Waals surface area (Å²) in [7, 11) is 0. The smallest absolute Gasteiger partial charge is 0.320 e. The highest BCUT2D eigenvalue weighted by Crippen LogP contribution is 2.06. The Kier molecular flexibility index (Phi) is 6.85. The minimum absolute atomic E-state index is 0. The molecule has 0 radical (unpaired) electrons. The van der Waals surface area contributed by atoms with E-state index in [9.17, 15) is 4.79 Å². The number of hydrogen-bond donors (Lipinski definition) is 2. The van der Waals surface area contributed by atoms with Crippen molar-refractivity contribution in [3.05, 3.63) is 35.4 Å². The van der Waals surface area contributed by atoms with E-state index in [4.69, 9.17) is 5.11 Å². The van der Waals surface area contributed by atoms with E-state index in [2.05, 4.69) is 11.4 Å². The Morgan fingerprint density at radius 1 is 1.41 bits per heavy atom. The Hall–Kier alpha value is -1.06. The molecule has 2 N–H and O–H groups in total. The van der Waals surface area contributed by atoms with Crippen molar-refractivity contribution in [2.24, 2.45) is 5.92 Å². The summed E-state index contributed by atoms with van der Waals surface area (Å²) in [6.07, 6.45) is 0. The van der Waals surface area contributed by atoms with Gasteiger partial charge in [0.25, 0.3) is 0 Å². The minimum Gasteiger partial charge on any atom is -0.480 e. The van der Waals surface area contributed by atoms with E-state index >= 15 is 0 Å². The Morgan fingerprint density at radius 2 is 2.06 bits per heavy atom. The highest BCUT2D eigenvalue weighted by atomic mass is 35.5. The zero-order chi connectivity index (χ0) is 12.1.